The first-order valence-electron chi connectivity index (χ1n) is 11.1. The summed E-state index contributed by atoms with van der Waals surface area (Å²) in [6.45, 7) is 0.754. The minimum absolute atomic E-state index is 0.0530. The number of methoxy groups -OCH3 is 1. The molecule has 32 heavy (non-hydrogen) atoms. The third kappa shape index (κ3) is 5.23. The van der Waals surface area contributed by atoms with Gasteiger partial charge in [-0.15, -0.1) is 0 Å². The molecule has 7 heteroatoms. The summed E-state index contributed by atoms with van der Waals surface area (Å²) in [4.78, 5) is 15.9. The summed E-state index contributed by atoms with van der Waals surface area (Å²) in [6, 6.07) is 13.6. The highest BCUT2D eigenvalue weighted by atomic mass is 16.5. The fourth-order valence-corrected chi connectivity index (χ4v) is 4.03. The van der Waals surface area contributed by atoms with Gasteiger partial charge in [0.2, 0.25) is 0 Å². The van der Waals surface area contributed by atoms with Crippen molar-refractivity contribution in [2.45, 2.75) is 50.9 Å². The number of ether oxygens (including phenoxy) is 2. The van der Waals surface area contributed by atoms with Crippen LogP contribution in [0, 0.1) is 0 Å². The fraction of sp³-hybridized carbons (Fsp3) is 0.400. The average molecular weight is 436 g/mol. The molecule has 0 radical (unpaired) electrons. The first kappa shape index (κ1) is 22.2. The van der Waals surface area contributed by atoms with Crippen molar-refractivity contribution in [1.29, 1.82) is 0 Å². The number of hydrogen-bond acceptors (Lipinski definition) is 6. The summed E-state index contributed by atoms with van der Waals surface area (Å²) in [5.41, 5.74) is 4.30. The molecule has 1 saturated heterocycles. The molecule has 2 aromatic heterocycles. The van der Waals surface area contributed by atoms with Crippen molar-refractivity contribution in [1.82, 2.24) is 14.8 Å². The van der Waals surface area contributed by atoms with Crippen LogP contribution in [0.1, 0.15) is 61.1 Å². The van der Waals surface area contributed by atoms with E-state index in [1.807, 2.05) is 47.1 Å². The second-order valence-corrected chi connectivity index (χ2v) is 8.04. The van der Waals surface area contributed by atoms with Crippen molar-refractivity contribution in [3.63, 3.8) is 0 Å². The van der Waals surface area contributed by atoms with Gasteiger partial charge in [0.1, 0.15) is 6.10 Å². The molecule has 3 aromatic rings. The fourth-order valence-electron chi connectivity index (χ4n) is 4.03. The van der Waals surface area contributed by atoms with Crippen LogP contribution < -0.4 is 0 Å². The van der Waals surface area contributed by atoms with E-state index >= 15 is 0 Å². The molecule has 3 heterocycles. The summed E-state index contributed by atoms with van der Waals surface area (Å²) < 4.78 is 12.5. The number of carbonyl (C=O) groups is 1. The zero-order valence-corrected chi connectivity index (χ0v) is 18.3. The van der Waals surface area contributed by atoms with Gasteiger partial charge in [0.15, 0.2) is 6.23 Å². The van der Waals surface area contributed by atoms with E-state index in [1.54, 1.807) is 12.4 Å². The Bertz CT molecular complexity index is 1030. The molecule has 0 amide bonds. The zero-order chi connectivity index (χ0) is 22.3. The molecular weight excluding hydrogens is 406 g/mol. The van der Waals surface area contributed by atoms with Crippen molar-refractivity contribution < 1.29 is 19.4 Å². The van der Waals surface area contributed by atoms with Gasteiger partial charge >= 0.3 is 5.97 Å². The molecule has 1 aromatic carbocycles. The van der Waals surface area contributed by atoms with Gasteiger partial charge in [0, 0.05) is 31.0 Å². The minimum Gasteiger partial charge on any atom is -0.469 e. The van der Waals surface area contributed by atoms with E-state index in [4.69, 9.17) is 4.74 Å². The maximum atomic E-state index is 11.3. The lowest BCUT2D eigenvalue weighted by Crippen LogP contribution is -2.20. The van der Waals surface area contributed by atoms with Gasteiger partial charge in [0.05, 0.1) is 18.5 Å². The van der Waals surface area contributed by atoms with Gasteiger partial charge in [-0.3, -0.25) is 9.78 Å². The summed E-state index contributed by atoms with van der Waals surface area (Å²) >= 11 is 0. The third-order valence-corrected chi connectivity index (χ3v) is 5.80. The van der Waals surface area contributed by atoms with Crippen LogP contribution >= 0.6 is 0 Å². The lowest BCUT2D eigenvalue weighted by atomic mass is 9.98. The quantitative estimate of drug-likeness (QED) is 0.533. The molecule has 2 unspecified atom stereocenters. The first-order chi connectivity index (χ1) is 15.7. The number of benzene rings is 1. The molecule has 2 atom stereocenters. The summed E-state index contributed by atoms with van der Waals surface area (Å²) in [5, 5.41) is 15.3. The Kier molecular flexibility index (Phi) is 7.29. The lowest BCUT2D eigenvalue weighted by molar-refractivity contribution is -0.140. The number of rotatable bonds is 8. The number of aliphatic hydroxyl groups is 1. The molecule has 0 saturated carbocycles. The first-order valence-corrected chi connectivity index (χ1v) is 11.1. The van der Waals surface area contributed by atoms with Gasteiger partial charge in [0.25, 0.3) is 0 Å². The van der Waals surface area contributed by atoms with Gasteiger partial charge in [-0.2, -0.15) is 5.10 Å². The summed E-state index contributed by atoms with van der Waals surface area (Å²) in [6.07, 6.45) is 7.66. The van der Waals surface area contributed by atoms with E-state index < -0.39 is 6.10 Å². The molecule has 4 rings (SSSR count). The van der Waals surface area contributed by atoms with Crippen LogP contribution in [0.2, 0.25) is 0 Å². The number of esters is 1. The van der Waals surface area contributed by atoms with Crippen LogP contribution in [-0.2, 0) is 20.7 Å². The topological polar surface area (TPSA) is 86.5 Å². The van der Waals surface area contributed by atoms with E-state index in [1.165, 1.54) is 7.11 Å². The van der Waals surface area contributed by atoms with Crippen LogP contribution in [0.5, 0.6) is 0 Å². The smallest absolute Gasteiger partial charge is 0.305 e. The van der Waals surface area contributed by atoms with Crippen LogP contribution in [0.25, 0.3) is 11.4 Å². The molecule has 168 valence electrons. The van der Waals surface area contributed by atoms with Crippen molar-refractivity contribution in [2.24, 2.45) is 0 Å². The highest BCUT2D eigenvalue weighted by Gasteiger charge is 2.20. The normalized spacial score (nSPS) is 17.1. The van der Waals surface area contributed by atoms with Crippen molar-refractivity contribution in [3.8, 4) is 11.4 Å². The van der Waals surface area contributed by atoms with Gasteiger partial charge in [-0.05, 0) is 55.4 Å². The second kappa shape index (κ2) is 10.5. The highest BCUT2D eigenvalue weighted by molar-refractivity contribution is 5.69. The summed E-state index contributed by atoms with van der Waals surface area (Å²) in [5.74, 6) is -0.205. The molecule has 1 aliphatic heterocycles. The Balaban J connectivity index is 1.45. The summed E-state index contributed by atoms with van der Waals surface area (Å²) in [7, 11) is 1.40. The predicted molar refractivity (Wildman–Crippen MR) is 120 cm³/mol. The lowest BCUT2D eigenvalue weighted by Gasteiger charge is -2.24. The van der Waals surface area contributed by atoms with Crippen molar-refractivity contribution in [2.75, 3.05) is 13.7 Å². The molecule has 0 bridgehead atoms. The maximum absolute atomic E-state index is 11.3. The van der Waals surface area contributed by atoms with Crippen LogP contribution in [0.4, 0.5) is 0 Å². The van der Waals surface area contributed by atoms with Crippen LogP contribution in [0.3, 0.4) is 0 Å². The van der Waals surface area contributed by atoms with E-state index in [2.05, 4.69) is 14.8 Å². The van der Waals surface area contributed by atoms with Crippen LogP contribution in [0.15, 0.2) is 54.9 Å². The van der Waals surface area contributed by atoms with Gasteiger partial charge in [-0.25, -0.2) is 4.68 Å². The Morgan fingerprint density at radius 1 is 1.25 bits per heavy atom. The van der Waals surface area contributed by atoms with E-state index in [0.717, 1.165) is 60.4 Å². The molecular formula is C25H29N3O4. The number of aryl methyl sites for hydroxylation is 1. The Morgan fingerprint density at radius 2 is 2.16 bits per heavy atom. The predicted octanol–water partition coefficient (Wildman–Crippen LogP) is 4.22. The Morgan fingerprint density at radius 3 is 2.91 bits per heavy atom. The third-order valence-electron chi connectivity index (χ3n) is 5.80. The number of aliphatic hydroxyl groups excluding tert-OH is 1. The number of pyridine rings is 1. The van der Waals surface area contributed by atoms with E-state index in [0.29, 0.717) is 12.8 Å². The SMILES string of the molecule is COC(=O)CCCc1cccc(C(O)c2ccc(-c3ccnn3C3CCCCO3)nc2)c1. The van der Waals surface area contributed by atoms with Gasteiger partial charge in [-0.1, -0.05) is 30.3 Å². The van der Waals surface area contributed by atoms with Crippen LogP contribution in [-0.4, -0.2) is 39.6 Å². The highest BCUT2D eigenvalue weighted by Crippen LogP contribution is 2.29. The van der Waals surface area contributed by atoms with Crippen molar-refractivity contribution >= 4 is 5.97 Å². The molecule has 1 aliphatic rings. The number of aromatic nitrogens is 3. The Labute approximate surface area is 188 Å². The van der Waals surface area contributed by atoms with Crippen molar-refractivity contribution in [3.05, 3.63) is 71.5 Å². The van der Waals surface area contributed by atoms with Gasteiger partial charge < -0.3 is 14.6 Å². The number of hydrogen-bond donors (Lipinski definition) is 1. The standard InChI is InChI=1S/C25H29N3O4/c1-31-24(29)10-5-7-18-6-4-8-19(16-18)25(30)20-11-12-21(26-17-20)22-13-14-27-28(22)23-9-2-3-15-32-23/h4,6,8,11-14,16-17,23,25,30H,2-3,5,7,9-10,15H2,1H3. The maximum Gasteiger partial charge on any atom is 0.305 e. The monoisotopic (exact) mass is 435 g/mol. The number of nitrogens with zero attached hydrogens (tertiary/aromatic N) is 3. The second-order valence-electron chi connectivity index (χ2n) is 8.04. The van der Waals surface area contributed by atoms with E-state index in [-0.39, 0.29) is 12.2 Å². The molecule has 1 fully saturated rings. The average Bonchev–Trinajstić information content (AvgIpc) is 3.34. The molecule has 0 aliphatic carbocycles. The number of carbonyl (C=O) groups excluding carboxylic acids is 1. The molecule has 0 spiro atoms. The minimum atomic E-state index is -0.774. The molecule has 7 nitrogen and oxygen atoms in total. The van der Waals surface area contributed by atoms with E-state index in [9.17, 15) is 9.90 Å². The Hall–Kier alpha value is -3.03. The zero-order valence-electron chi connectivity index (χ0n) is 18.3. The molecule has 1 N–H and O–H groups in total. The largest absolute Gasteiger partial charge is 0.469 e.